The lowest BCUT2D eigenvalue weighted by Crippen LogP contribution is -2.58. The summed E-state index contributed by atoms with van der Waals surface area (Å²) in [7, 11) is 0. The van der Waals surface area contributed by atoms with Crippen LogP contribution >= 0.6 is 27.7 Å². The van der Waals surface area contributed by atoms with Gasteiger partial charge in [-0.2, -0.15) is 0 Å². The summed E-state index contributed by atoms with van der Waals surface area (Å²) < 4.78 is 4.77. The maximum absolute atomic E-state index is 14.7. The number of amides is 2. The molecule has 3 saturated heterocycles. The van der Waals surface area contributed by atoms with Gasteiger partial charge in [0, 0.05) is 41.1 Å². The van der Waals surface area contributed by atoms with Crippen LogP contribution in [0.1, 0.15) is 40.0 Å². The zero-order valence-corrected chi connectivity index (χ0v) is 26.6. The number of hydrogen-bond donors (Lipinski definition) is 1. The number of carbonyl (C=O) groups excluding carboxylic acids is 3. The largest absolute Gasteiger partial charge is 0.465 e. The Balaban J connectivity index is 1.76. The first kappa shape index (κ1) is 31.6. The number of hydrogen-bond acceptors (Lipinski definition) is 7. The molecule has 0 saturated carbocycles. The molecule has 3 aliphatic heterocycles. The van der Waals surface area contributed by atoms with Crippen LogP contribution in [0.4, 0.5) is 11.4 Å². The molecule has 0 aromatic heterocycles. The highest BCUT2D eigenvalue weighted by atomic mass is 79.9. The lowest BCUT2D eigenvalue weighted by Gasteiger charge is -2.39. The molecule has 10 heteroatoms. The van der Waals surface area contributed by atoms with Crippen molar-refractivity contribution in [2.24, 2.45) is 11.8 Å². The zero-order valence-electron chi connectivity index (χ0n) is 24.2. The van der Waals surface area contributed by atoms with Crippen LogP contribution in [0, 0.1) is 11.8 Å². The summed E-state index contributed by atoms with van der Waals surface area (Å²) >= 11 is 5.35. The fourth-order valence-corrected chi connectivity index (χ4v) is 10.4. The standard InChI is InChI=1S/C31H42BrN3O5S/c1-6-11-17-40-30(39)24-25-28(37)35(20(8-3)19-36)27(31(25)18-23(32)26(24)41-31)29(38)34(16-7-2)22-14-12-21(13-15-22)33(9-4)10-5/h6-7,12-15,20,23-27,36H,1-2,8-11,16-19H2,3-5H3/t20-,23?,24+,25-,26+,27?,31?/m0/s1. The molecule has 224 valence electrons. The summed E-state index contributed by atoms with van der Waals surface area (Å²) in [5, 5.41) is 10.1. The molecule has 3 fully saturated rings. The van der Waals surface area contributed by atoms with E-state index in [2.05, 4.69) is 47.8 Å². The molecule has 1 aromatic carbocycles. The van der Waals surface area contributed by atoms with Crippen LogP contribution in [-0.4, -0.2) is 87.5 Å². The van der Waals surface area contributed by atoms with Crippen molar-refractivity contribution in [3.8, 4) is 0 Å². The monoisotopic (exact) mass is 647 g/mol. The number of aliphatic hydroxyl groups is 1. The van der Waals surface area contributed by atoms with E-state index in [9.17, 15) is 19.5 Å². The molecular weight excluding hydrogens is 606 g/mol. The van der Waals surface area contributed by atoms with E-state index in [0.29, 0.717) is 24.9 Å². The van der Waals surface area contributed by atoms with Crippen molar-refractivity contribution < 1.29 is 24.2 Å². The van der Waals surface area contributed by atoms with Gasteiger partial charge in [0.1, 0.15) is 6.04 Å². The number of ether oxygens (including phenoxy) is 1. The Labute approximate surface area is 256 Å². The number of halogens is 1. The molecule has 3 unspecified atom stereocenters. The highest BCUT2D eigenvalue weighted by molar-refractivity contribution is 9.09. The average molecular weight is 649 g/mol. The first-order valence-electron chi connectivity index (χ1n) is 14.5. The fourth-order valence-electron chi connectivity index (χ4n) is 6.79. The van der Waals surface area contributed by atoms with Gasteiger partial charge in [-0.3, -0.25) is 14.4 Å². The molecule has 1 spiro atoms. The summed E-state index contributed by atoms with van der Waals surface area (Å²) in [5.41, 5.74) is 1.78. The van der Waals surface area contributed by atoms with Gasteiger partial charge in [-0.15, -0.1) is 24.9 Å². The fraction of sp³-hybridized carbons (Fsp3) is 0.581. The minimum Gasteiger partial charge on any atom is -0.465 e. The van der Waals surface area contributed by atoms with Crippen molar-refractivity contribution in [3.63, 3.8) is 0 Å². The SMILES string of the molecule is C=CCCOC(=O)[C@H]1[C@@H]2SC3(CC2Br)C(C(=O)N(CC=C)c2ccc(N(CC)CC)cc2)N([C@@H](CC)CO)C(=O)[C@H]13. The third kappa shape index (κ3) is 5.47. The summed E-state index contributed by atoms with van der Waals surface area (Å²) in [5.74, 6) is -2.26. The molecule has 2 bridgehead atoms. The Morgan fingerprint density at radius 1 is 1.20 bits per heavy atom. The van der Waals surface area contributed by atoms with Gasteiger partial charge in [-0.1, -0.05) is 35.0 Å². The van der Waals surface area contributed by atoms with E-state index in [0.717, 1.165) is 18.8 Å². The molecule has 7 atom stereocenters. The van der Waals surface area contributed by atoms with Gasteiger partial charge < -0.3 is 24.5 Å². The van der Waals surface area contributed by atoms with Gasteiger partial charge in [0.25, 0.3) is 5.91 Å². The van der Waals surface area contributed by atoms with Gasteiger partial charge in [-0.25, -0.2) is 0 Å². The first-order chi connectivity index (χ1) is 19.7. The number of nitrogens with zero attached hydrogens (tertiary/aromatic N) is 3. The van der Waals surface area contributed by atoms with E-state index in [1.807, 2.05) is 31.2 Å². The molecule has 3 heterocycles. The molecule has 2 amide bonds. The summed E-state index contributed by atoms with van der Waals surface area (Å²) in [6.07, 6.45) is 4.94. The number of benzene rings is 1. The lowest BCUT2D eigenvalue weighted by atomic mass is 9.71. The predicted molar refractivity (Wildman–Crippen MR) is 169 cm³/mol. The van der Waals surface area contributed by atoms with Crippen LogP contribution in [-0.2, 0) is 19.1 Å². The Morgan fingerprint density at radius 3 is 2.41 bits per heavy atom. The maximum atomic E-state index is 14.7. The van der Waals surface area contributed by atoms with Gasteiger partial charge in [0.05, 0.1) is 35.8 Å². The molecule has 8 nitrogen and oxygen atoms in total. The molecule has 1 aromatic rings. The second kappa shape index (κ2) is 13.3. The zero-order chi connectivity index (χ0) is 29.9. The second-order valence-corrected chi connectivity index (χ2v) is 13.5. The van der Waals surface area contributed by atoms with E-state index in [1.54, 1.807) is 33.7 Å². The van der Waals surface area contributed by atoms with Gasteiger partial charge >= 0.3 is 5.97 Å². The predicted octanol–water partition coefficient (Wildman–Crippen LogP) is 4.41. The Bertz CT molecular complexity index is 1140. The average Bonchev–Trinajstić information content (AvgIpc) is 3.57. The molecular formula is C31H42BrN3O5S. The van der Waals surface area contributed by atoms with Crippen molar-refractivity contribution >= 4 is 56.9 Å². The number of anilines is 2. The van der Waals surface area contributed by atoms with Crippen LogP contribution < -0.4 is 9.80 Å². The normalized spacial score (nSPS) is 28.8. The minimum absolute atomic E-state index is 0.0563. The first-order valence-corrected chi connectivity index (χ1v) is 16.3. The summed E-state index contributed by atoms with van der Waals surface area (Å²) in [4.78, 5) is 47.8. The van der Waals surface area contributed by atoms with Crippen LogP contribution in [0.25, 0.3) is 0 Å². The van der Waals surface area contributed by atoms with Crippen LogP contribution in [0.3, 0.4) is 0 Å². The molecule has 0 aliphatic carbocycles. The maximum Gasteiger partial charge on any atom is 0.310 e. The van der Waals surface area contributed by atoms with Gasteiger partial charge in [0.15, 0.2) is 0 Å². The van der Waals surface area contributed by atoms with E-state index in [-0.39, 0.29) is 41.6 Å². The lowest BCUT2D eigenvalue weighted by molar-refractivity contribution is -0.154. The minimum atomic E-state index is -0.847. The number of likely N-dealkylation sites (tertiary alicyclic amines) is 1. The van der Waals surface area contributed by atoms with Crippen molar-refractivity contribution in [3.05, 3.63) is 49.6 Å². The Hall–Kier alpha value is -2.30. The Kier molecular flexibility index (Phi) is 10.3. The quantitative estimate of drug-likeness (QED) is 0.138. The topological polar surface area (TPSA) is 90.4 Å². The molecule has 41 heavy (non-hydrogen) atoms. The second-order valence-electron chi connectivity index (χ2n) is 10.8. The van der Waals surface area contributed by atoms with Crippen molar-refractivity contribution in [1.82, 2.24) is 4.90 Å². The third-order valence-corrected chi connectivity index (χ3v) is 12.0. The van der Waals surface area contributed by atoms with E-state index in [1.165, 1.54) is 0 Å². The van der Waals surface area contributed by atoms with Crippen molar-refractivity contribution in [1.29, 1.82) is 0 Å². The highest BCUT2D eigenvalue weighted by Gasteiger charge is 2.76. The summed E-state index contributed by atoms with van der Waals surface area (Å²) in [6.45, 7) is 15.6. The number of alkyl halides is 1. The molecule has 1 N–H and O–H groups in total. The van der Waals surface area contributed by atoms with E-state index < -0.39 is 34.6 Å². The van der Waals surface area contributed by atoms with Gasteiger partial charge in [0.2, 0.25) is 5.91 Å². The number of carbonyl (C=O) groups is 3. The number of fused-ring (bicyclic) bond motifs is 1. The van der Waals surface area contributed by atoms with E-state index in [4.69, 9.17) is 4.74 Å². The molecule has 0 radical (unpaired) electrons. The van der Waals surface area contributed by atoms with E-state index >= 15 is 0 Å². The number of thioether (sulfide) groups is 1. The summed E-state index contributed by atoms with van der Waals surface area (Å²) in [6, 6.07) is 6.49. The number of esters is 1. The third-order valence-electron chi connectivity index (χ3n) is 8.74. The highest BCUT2D eigenvalue weighted by Crippen LogP contribution is 2.68. The van der Waals surface area contributed by atoms with Crippen LogP contribution in [0.5, 0.6) is 0 Å². The Morgan fingerprint density at radius 2 is 1.85 bits per heavy atom. The number of rotatable bonds is 14. The van der Waals surface area contributed by atoms with Crippen LogP contribution in [0.15, 0.2) is 49.6 Å². The smallest absolute Gasteiger partial charge is 0.310 e. The molecule has 4 rings (SSSR count). The van der Waals surface area contributed by atoms with Crippen molar-refractivity contribution in [2.75, 3.05) is 42.6 Å². The number of aliphatic hydroxyl groups excluding tert-OH is 1. The van der Waals surface area contributed by atoms with Crippen LogP contribution in [0.2, 0.25) is 0 Å². The van der Waals surface area contributed by atoms with Crippen molar-refractivity contribution in [2.45, 2.75) is 66.9 Å². The molecule has 3 aliphatic rings. The van der Waals surface area contributed by atoms with Gasteiger partial charge in [-0.05, 0) is 57.4 Å².